The van der Waals surface area contributed by atoms with Crippen LogP contribution < -0.4 is 5.32 Å². The second-order valence-electron chi connectivity index (χ2n) is 8.21. The molecule has 5 nitrogen and oxygen atoms in total. The molecule has 0 aliphatic heterocycles. The fourth-order valence-electron chi connectivity index (χ4n) is 3.70. The van der Waals surface area contributed by atoms with Crippen molar-refractivity contribution in [1.82, 2.24) is 9.88 Å². The van der Waals surface area contributed by atoms with Gasteiger partial charge in [0.1, 0.15) is 5.03 Å². The monoisotopic (exact) mass is 447 g/mol. The van der Waals surface area contributed by atoms with Crippen molar-refractivity contribution in [2.24, 2.45) is 0 Å². The van der Waals surface area contributed by atoms with Gasteiger partial charge in [0.15, 0.2) is 0 Å². The van der Waals surface area contributed by atoms with E-state index in [0.717, 1.165) is 32.8 Å². The van der Waals surface area contributed by atoms with E-state index < -0.39 is 0 Å². The number of nitrogens with zero attached hydrogens (tertiary/aromatic N) is 2. The first kappa shape index (κ1) is 23.5. The van der Waals surface area contributed by atoms with Gasteiger partial charge in [0, 0.05) is 23.8 Å². The van der Waals surface area contributed by atoms with Crippen LogP contribution in [0.2, 0.25) is 0 Å². The molecule has 0 unspecified atom stereocenters. The van der Waals surface area contributed by atoms with E-state index in [1.807, 2.05) is 52.0 Å². The summed E-state index contributed by atoms with van der Waals surface area (Å²) in [5, 5.41) is 3.58. The Bertz CT molecular complexity index is 1150. The summed E-state index contributed by atoms with van der Waals surface area (Å²) in [5.74, 6) is -0.471. The van der Waals surface area contributed by atoms with Crippen molar-refractivity contribution in [3.63, 3.8) is 0 Å². The van der Waals surface area contributed by atoms with Gasteiger partial charge in [0.2, 0.25) is 5.91 Å². The van der Waals surface area contributed by atoms with Gasteiger partial charge in [-0.2, -0.15) is 0 Å². The maximum atomic E-state index is 13.2. The van der Waals surface area contributed by atoms with Crippen molar-refractivity contribution in [1.29, 1.82) is 0 Å². The quantitative estimate of drug-likeness (QED) is 0.543. The highest BCUT2D eigenvalue weighted by Gasteiger charge is 2.20. The highest BCUT2D eigenvalue weighted by molar-refractivity contribution is 7.99. The van der Waals surface area contributed by atoms with Crippen molar-refractivity contribution in [2.45, 2.75) is 44.5 Å². The molecule has 2 amide bonds. The number of aryl methyl sites for hydroxylation is 5. The van der Waals surface area contributed by atoms with E-state index in [1.54, 1.807) is 25.4 Å². The smallest absolute Gasteiger partial charge is 0.256 e. The van der Waals surface area contributed by atoms with E-state index in [-0.39, 0.29) is 18.4 Å². The molecule has 6 heteroatoms. The van der Waals surface area contributed by atoms with Crippen LogP contribution in [0, 0.1) is 34.6 Å². The van der Waals surface area contributed by atoms with Gasteiger partial charge in [-0.15, -0.1) is 0 Å². The van der Waals surface area contributed by atoms with Crippen molar-refractivity contribution >= 4 is 29.3 Å². The van der Waals surface area contributed by atoms with Crippen molar-refractivity contribution in [3.8, 4) is 0 Å². The topological polar surface area (TPSA) is 62.3 Å². The molecule has 3 rings (SSSR count). The minimum atomic E-state index is -0.238. The summed E-state index contributed by atoms with van der Waals surface area (Å²) in [6, 6.07) is 13.8. The summed E-state index contributed by atoms with van der Waals surface area (Å²) in [6.45, 7) is 10.0. The summed E-state index contributed by atoms with van der Waals surface area (Å²) >= 11 is 1.46. The minimum Gasteiger partial charge on any atom is -0.332 e. The van der Waals surface area contributed by atoms with Crippen molar-refractivity contribution in [2.75, 3.05) is 18.9 Å². The normalized spacial score (nSPS) is 10.7. The molecule has 2 aromatic carbocycles. The molecule has 1 N–H and O–H groups in total. The molecule has 0 atom stereocenters. The second-order valence-corrected chi connectivity index (χ2v) is 9.24. The maximum absolute atomic E-state index is 13.2. The standard InChI is InChI=1S/C26H29N3O2S/c1-16-9-10-22(18(3)12-16)32-25-21(8-7-11-27-25)26(31)29(6)15-23(30)28-24-19(4)13-17(2)14-20(24)5/h7-14H,15H2,1-6H3,(H,28,30). The number of likely N-dealkylation sites (N-methyl/N-ethyl adjacent to an activating group) is 1. The van der Waals surface area contributed by atoms with Crippen molar-refractivity contribution in [3.05, 3.63) is 82.0 Å². The third-order valence-electron chi connectivity index (χ3n) is 5.21. The molecule has 0 fully saturated rings. The lowest BCUT2D eigenvalue weighted by atomic mass is 10.1. The molecule has 0 saturated heterocycles. The van der Waals surface area contributed by atoms with Gasteiger partial charge in [-0.3, -0.25) is 9.59 Å². The molecular formula is C26H29N3O2S. The second kappa shape index (κ2) is 10.0. The number of aromatic nitrogens is 1. The van der Waals surface area contributed by atoms with Gasteiger partial charge >= 0.3 is 0 Å². The molecule has 0 spiro atoms. The lowest BCUT2D eigenvalue weighted by Crippen LogP contribution is -2.35. The van der Waals surface area contributed by atoms with E-state index in [9.17, 15) is 9.59 Å². The lowest BCUT2D eigenvalue weighted by molar-refractivity contribution is -0.116. The number of hydrogen-bond donors (Lipinski definition) is 1. The van der Waals surface area contributed by atoms with Crippen LogP contribution in [0.4, 0.5) is 5.69 Å². The van der Waals surface area contributed by atoms with Crippen LogP contribution in [0.25, 0.3) is 0 Å². The fourth-order valence-corrected chi connectivity index (χ4v) is 4.65. The molecule has 0 saturated carbocycles. The summed E-state index contributed by atoms with van der Waals surface area (Å²) in [4.78, 5) is 32.7. The average molecular weight is 448 g/mol. The van der Waals surface area contributed by atoms with Crippen LogP contribution in [0.1, 0.15) is 38.2 Å². The van der Waals surface area contributed by atoms with Gasteiger partial charge < -0.3 is 10.2 Å². The van der Waals surface area contributed by atoms with Crippen LogP contribution in [-0.4, -0.2) is 35.3 Å². The first-order valence-corrected chi connectivity index (χ1v) is 11.3. The Balaban J connectivity index is 1.74. The van der Waals surface area contributed by atoms with Crippen LogP contribution in [0.5, 0.6) is 0 Å². The number of benzene rings is 2. The molecule has 0 aliphatic rings. The Morgan fingerprint density at radius 1 is 0.938 bits per heavy atom. The molecule has 3 aromatic rings. The number of anilines is 1. The summed E-state index contributed by atoms with van der Waals surface area (Å²) in [5.41, 5.74) is 6.76. The highest BCUT2D eigenvalue weighted by Crippen LogP contribution is 2.32. The SMILES string of the molecule is Cc1ccc(Sc2ncccc2C(=O)N(C)CC(=O)Nc2c(C)cc(C)cc2C)c(C)c1. The third-order valence-corrected chi connectivity index (χ3v) is 6.40. The van der Waals surface area contributed by atoms with Gasteiger partial charge in [-0.05, 0) is 69.5 Å². The molecule has 32 heavy (non-hydrogen) atoms. The fraction of sp³-hybridized carbons (Fsp3) is 0.269. The maximum Gasteiger partial charge on any atom is 0.256 e. The molecule has 0 radical (unpaired) electrons. The number of rotatable bonds is 6. The Kier molecular flexibility index (Phi) is 7.36. The number of hydrogen-bond acceptors (Lipinski definition) is 4. The molecular weight excluding hydrogens is 418 g/mol. The zero-order valence-electron chi connectivity index (χ0n) is 19.4. The van der Waals surface area contributed by atoms with E-state index in [1.165, 1.54) is 22.2 Å². The summed E-state index contributed by atoms with van der Waals surface area (Å²) in [6.07, 6.45) is 1.68. The van der Waals surface area contributed by atoms with Gasteiger partial charge in [-0.1, -0.05) is 47.2 Å². The molecule has 0 aliphatic carbocycles. The summed E-state index contributed by atoms with van der Waals surface area (Å²) in [7, 11) is 1.63. The third kappa shape index (κ3) is 5.56. The largest absolute Gasteiger partial charge is 0.332 e. The number of amides is 2. The van der Waals surface area contributed by atoms with Gasteiger partial charge in [0.05, 0.1) is 12.1 Å². The Labute approximate surface area is 194 Å². The van der Waals surface area contributed by atoms with Crippen LogP contribution in [-0.2, 0) is 4.79 Å². The van der Waals surface area contributed by atoms with Gasteiger partial charge in [0.25, 0.3) is 5.91 Å². The predicted octanol–water partition coefficient (Wildman–Crippen LogP) is 5.49. The van der Waals surface area contributed by atoms with Gasteiger partial charge in [-0.25, -0.2) is 4.98 Å². The minimum absolute atomic E-state index is 0.0475. The van der Waals surface area contributed by atoms with Crippen LogP contribution >= 0.6 is 11.8 Å². The lowest BCUT2D eigenvalue weighted by Gasteiger charge is -2.19. The predicted molar refractivity (Wildman–Crippen MR) is 131 cm³/mol. The highest BCUT2D eigenvalue weighted by atomic mass is 32.2. The molecule has 166 valence electrons. The van der Waals surface area contributed by atoms with Crippen LogP contribution in [0.3, 0.4) is 0 Å². The Hall–Kier alpha value is -3.12. The van der Waals surface area contributed by atoms with Crippen molar-refractivity contribution < 1.29 is 9.59 Å². The number of pyridine rings is 1. The first-order valence-electron chi connectivity index (χ1n) is 10.5. The number of carbonyl (C=O) groups is 2. The zero-order chi connectivity index (χ0) is 23.4. The van der Waals surface area contributed by atoms with E-state index >= 15 is 0 Å². The average Bonchev–Trinajstić information content (AvgIpc) is 2.72. The van der Waals surface area contributed by atoms with E-state index in [2.05, 4.69) is 23.3 Å². The Morgan fingerprint density at radius 3 is 2.25 bits per heavy atom. The number of nitrogens with one attached hydrogen (secondary N) is 1. The first-order chi connectivity index (χ1) is 15.2. The molecule has 1 aromatic heterocycles. The molecule has 0 bridgehead atoms. The van der Waals surface area contributed by atoms with E-state index in [4.69, 9.17) is 0 Å². The van der Waals surface area contributed by atoms with E-state index in [0.29, 0.717) is 10.6 Å². The Morgan fingerprint density at radius 2 is 1.59 bits per heavy atom. The zero-order valence-corrected chi connectivity index (χ0v) is 20.3. The van der Waals surface area contributed by atoms with Crippen LogP contribution in [0.15, 0.2) is 58.6 Å². The molecule has 1 heterocycles. The summed E-state index contributed by atoms with van der Waals surface area (Å²) < 4.78 is 0. The number of carbonyl (C=O) groups excluding carboxylic acids is 2.